The number of nitrogens with one attached hydrogen (secondary N) is 2. The van der Waals surface area contributed by atoms with Crippen LogP contribution in [0.3, 0.4) is 0 Å². The van der Waals surface area contributed by atoms with Gasteiger partial charge in [0.05, 0.1) is 19.4 Å². The Labute approximate surface area is 206 Å². The molecule has 0 saturated heterocycles. The van der Waals surface area contributed by atoms with Crippen molar-refractivity contribution in [2.24, 2.45) is 4.99 Å². The number of nitrogens with zero attached hydrogens (tertiary/aromatic N) is 4. The molecule has 0 atom stereocenters. The number of aliphatic imine (C=N–C) groups is 1. The fraction of sp³-hybridized carbons (Fsp3) is 0.348. The van der Waals surface area contributed by atoms with Gasteiger partial charge >= 0.3 is 0 Å². The first kappa shape index (κ1) is 25.4. The Hall–Kier alpha value is -2.82. The van der Waals surface area contributed by atoms with Gasteiger partial charge in [-0.2, -0.15) is 5.10 Å². The number of hydrogen-bond donors (Lipinski definition) is 2. The minimum absolute atomic E-state index is 0. The number of benzene rings is 2. The summed E-state index contributed by atoms with van der Waals surface area (Å²) in [5.74, 6) is 2.34. The molecule has 0 spiro atoms. The molecule has 3 rings (SSSR count). The first-order valence-corrected chi connectivity index (χ1v) is 10.4. The summed E-state index contributed by atoms with van der Waals surface area (Å²) in [6.45, 7) is 4.10. The molecule has 172 valence electrons. The Morgan fingerprint density at radius 2 is 1.84 bits per heavy atom. The number of ether oxygens (including phenoxy) is 2. The van der Waals surface area contributed by atoms with E-state index in [1.54, 1.807) is 25.2 Å². The quantitative estimate of drug-likeness (QED) is 0.174. The van der Waals surface area contributed by atoms with Gasteiger partial charge in [-0.25, -0.2) is 9.67 Å². The lowest BCUT2D eigenvalue weighted by Crippen LogP contribution is -2.37. The number of methoxy groups -OCH3 is 1. The molecule has 0 bridgehead atoms. The van der Waals surface area contributed by atoms with Crippen LogP contribution in [0.25, 0.3) is 5.69 Å². The average Bonchev–Trinajstić information content (AvgIpc) is 3.34. The molecule has 0 radical (unpaired) electrons. The molecular weight excluding hydrogens is 519 g/mol. The molecule has 0 aliphatic carbocycles. The monoisotopic (exact) mass is 550 g/mol. The minimum Gasteiger partial charge on any atom is -0.493 e. The van der Waals surface area contributed by atoms with Gasteiger partial charge in [0.1, 0.15) is 12.7 Å². The fourth-order valence-corrected chi connectivity index (χ4v) is 3.16. The average molecular weight is 550 g/mol. The van der Waals surface area contributed by atoms with E-state index in [0.29, 0.717) is 13.2 Å². The Kier molecular flexibility index (Phi) is 10.8. The maximum Gasteiger partial charge on any atom is 0.191 e. The number of hydrogen-bond acceptors (Lipinski definition) is 5. The summed E-state index contributed by atoms with van der Waals surface area (Å²) in [6, 6.07) is 14.3. The molecule has 8 nitrogen and oxygen atoms in total. The number of aromatic nitrogens is 3. The van der Waals surface area contributed by atoms with Gasteiger partial charge in [-0.05, 0) is 55.2 Å². The number of rotatable bonds is 10. The molecule has 0 unspecified atom stereocenters. The summed E-state index contributed by atoms with van der Waals surface area (Å²) in [5.41, 5.74) is 3.37. The molecule has 9 heteroatoms. The summed E-state index contributed by atoms with van der Waals surface area (Å²) in [4.78, 5) is 8.27. The van der Waals surface area contributed by atoms with Gasteiger partial charge in [-0.1, -0.05) is 18.2 Å². The molecule has 1 heterocycles. The van der Waals surface area contributed by atoms with Crippen LogP contribution >= 0.6 is 24.0 Å². The highest BCUT2D eigenvalue weighted by Gasteiger charge is 2.06. The van der Waals surface area contributed by atoms with E-state index in [4.69, 9.17) is 9.47 Å². The maximum absolute atomic E-state index is 5.66. The molecule has 32 heavy (non-hydrogen) atoms. The highest BCUT2D eigenvalue weighted by molar-refractivity contribution is 14.0. The third-order valence-electron chi connectivity index (χ3n) is 4.77. The van der Waals surface area contributed by atoms with Crippen molar-refractivity contribution in [3.05, 3.63) is 66.2 Å². The molecule has 2 aromatic carbocycles. The van der Waals surface area contributed by atoms with Gasteiger partial charge in [0.25, 0.3) is 0 Å². The molecule has 0 saturated carbocycles. The van der Waals surface area contributed by atoms with E-state index >= 15 is 0 Å². The van der Waals surface area contributed by atoms with Gasteiger partial charge in [0, 0.05) is 20.1 Å². The molecular formula is C23H31IN6O2. The third-order valence-corrected chi connectivity index (χ3v) is 4.77. The van der Waals surface area contributed by atoms with Crippen molar-refractivity contribution >= 4 is 29.9 Å². The fourth-order valence-electron chi connectivity index (χ4n) is 3.16. The van der Waals surface area contributed by atoms with Gasteiger partial charge in [-0.3, -0.25) is 4.99 Å². The second kappa shape index (κ2) is 13.6. The molecule has 3 aromatic rings. The molecule has 1 aromatic heterocycles. The first-order chi connectivity index (χ1) is 15.2. The Balaban J connectivity index is 0.00000363. The topological polar surface area (TPSA) is 85.6 Å². The standard InChI is InChI=1S/C23H30N6O2.HI/c1-4-31-22-14-18(9-12-21(22)30-3)6-5-13-26-23(24-2)27-15-19-7-10-20(11-8-19)29-17-25-16-28-29;/h7-12,14,16-17H,4-6,13,15H2,1-3H3,(H2,24,26,27);1H. The zero-order chi connectivity index (χ0) is 21.9. The van der Waals surface area contributed by atoms with Crippen molar-refractivity contribution in [3.63, 3.8) is 0 Å². The predicted molar refractivity (Wildman–Crippen MR) is 137 cm³/mol. The van der Waals surface area contributed by atoms with Crippen molar-refractivity contribution < 1.29 is 9.47 Å². The van der Waals surface area contributed by atoms with Crippen molar-refractivity contribution in [1.82, 2.24) is 25.4 Å². The van der Waals surface area contributed by atoms with E-state index in [0.717, 1.165) is 48.1 Å². The van der Waals surface area contributed by atoms with Crippen LogP contribution in [0, 0.1) is 0 Å². The lowest BCUT2D eigenvalue weighted by atomic mass is 10.1. The normalized spacial score (nSPS) is 10.9. The van der Waals surface area contributed by atoms with E-state index in [1.165, 1.54) is 11.9 Å². The summed E-state index contributed by atoms with van der Waals surface area (Å²) in [7, 11) is 3.44. The summed E-state index contributed by atoms with van der Waals surface area (Å²) < 4.78 is 12.7. The lowest BCUT2D eigenvalue weighted by Gasteiger charge is -2.13. The van der Waals surface area contributed by atoms with Crippen LogP contribution in [-0.2, 0) is 13.0 Å². The van der Waals surface area contributed by atoms with Crippen molar-refractivity contribution in [1.29, 1.82) is 0 Å². The minimum atomic E-state index is 0. The number of guanidine groups is 1. The second-order valence-electron chi connectivity index (χ2n) is 6.88. The number of halogens is 1. The van der Waals surface area contributed by atoms with E-state index in [9.17, 15) is 0 Å². The van der Waals surface area contributed by atoms with Gasteiger partial charge in [0.2, 0.25) is 0 Å². The highest BCUT2D eigenvalue weighted by atomic mass is 127. The van der Waals surface area contributed by atoms with E-state index in [1.807, 2.05) is 25.1 Å². The first-order valence-electron chi connectivity index (χ1n) is 10.4. The van der Waals surface area contributed by atoms with Crippen LogP contribution in [0.4, 0.5) is 0 Å². The molecule has 0 fully saturated rings. The second-order valence-corrected chi connectivity index (χ2v) is 6.88. The van der Waals surface area contributed by atoms with Crippen molar-refractivity contribution in [3.8, 4) is 17.2 Å². The van der Waals surface area contributed by atoms with Crippen LogP contribution in [-0.4, -0.2) is 48.0 Å². The predicted octanol–water partition coefficient (Wildman–Crippen LogP) is 3.59. The van der Waals surface area contributed by atoms with Crippen LogP contribution in [0.5, 0.6) is 11.5 Å². The molecule has 0 aliphatic rings. The summed E-state index contributed by atoms with van der Waals surface area (Å²) in [5, 5.41) is 10.9. The zero-order valence-electron chi connectivity index (χ0n) is 18.7. The Bertz CT molecular complexity index is 961. The SMILES string of the molecule is CCOc1cc(CCCNC(=NC)NCc2ccc(-n3cncn3)cc2)ccc1OC.I. The lowest BCUT2D eigenvalue weighted by molar-refractivity contribution is 0.310. The molecule has 0 amide bonds. The van der Waals surface area contributed by atoms with E-state index < -0.39 is 0 Å². The van der Waals surface area contributed by atoms with Crippen LogP contribution in [0.1, 0.15) is 24.5 Å². The Morgan fingerprint density at radius 3 is 2.50 bits per heavy atom. The van der Waals surface area contributed by atoms with E-state index in [2.05, 4.69) is 50.0 Å². The Morgan fingerprint density at radius 1 is 1.06 bits per heavy atom. The van der Waals surface area contributed by atoms with E-state index in [-0.39, 0.29) is 24.0 Å². The van der Waals surface area contributed by atoms with Crippen LogP contribution < -0.4 is 20.1 Å². The van der Waals surface area contributed by atoms with Crippen molar-refractivity contribution in [2.75, 3.05) is 27.3 Å². The van der Waals surface area contributed by atoms with Crippen LogP contribution in [0.15, 0.2) is 60.1 Å². The van der Waals surface area contributed by atoms with Crippen molar-refractivity contribution in [2.45, 2.75) is 26.3 Å². The zero-order valence-corrected chi connectivity index (χ0v) is 21.1. The van der Waals surface area contributed by atoms with Gasteiger partial charge in [0.15, 0.2) is 17.5 Å². The summed E-state index contributed by atoms with van der Waals surface area (Å²) in [6.07, 6.45) is 5.13. The highest BCUT2D eigenvalue weighted by Crippen LogP contribution is 2.28. The molecule has 2 N–H and O–H groups in total. The maximum atomic E-state index is 5.66. The largest absolute Gasteiger partial charge is 0.493 e. The smallest absolute Gasteiger partial charge is 0.191 e. The third kappa shape index (κ3) is 7.40. The summed E-state index contributed by atoms with van der Waals surface area (Å²) >= 11 is 0. The van der Waals surface area contributed by atoms with Gasteiger partial charge in [-0.15, -0.1) is 24.0 Å². The molecule has 0 aliphatic heterocycles. The number of aryl methyl sites for hydroxylation is 1. The van der Waals surface area contributed by atoms with Crippen LogP contribution in [0.2, 0.25) is 0 Å². The van der Waals surface area contributed by atoms with Gasteiger partial charge < -0.3 is 20.1 Å².